The van der Waals surface area contributed by atoms with E-state index in [-0.39, 0.29) is 11.3 Å². The summed E-state index contributed by atoms with van der Waals surface area (Å²) in [7, 11) is 0. The largest absolute Gasteiger partial charge is 0.477 e. The number of nitro benzene ring substituents is 1. The van der Waals surface area contributed by atoms with Gasteiger partial charge in [-0.1, -0.05) is 30.3 Å². The van der Waals surface area contributed by atoms with E-state index in [0.29, 0.717) is 23.5 Å². The van der Waals surface area contributed by atoms with Gasteiger partial charge in [-0.3, -0.25) is 19.7 Å². The maximum absolute atomic E-state index is 12.3. The molecule has 0 bridgehead atoms. The van der Waals surface area contributed by atoms with Crippen molar-refractivity contribution in [2.24, 2.45) is 0 Å². The number of carbonyl (C=O) groups is 2. The molecule has 0 fully saturated rings. The molecule has 0 radical (unpaired) electrons. The van der Waals surface area contributed by atoms with Crippen molar-refractivity contribution in [1.29, 1.82) is 0 Å². The van der Waals surface area contributed by atoms with Crippen LogP contribution < -0.4 is 14.8 Å². The van der Waals surface area contributed by atoms with E-state index in [4.69, 9.17) is 9.47 Å². The number of ether oxygens (including phenoxy) is 2. The van der Waals surface area contributed by atoms with Crippen molar-refractivity contribution >= 4 is 23.6 Å². The van der Waals surface area contributed by atoms with Gasteiger partial charge in [0, 0.05) is 11.6 Å². The fourth-order valence-corrected chi connectivity index (χ4v) is 2.48. The van der Waals surface area contributed by atoms with Crippen LogP contribution in [0.3, 0.4) is 0 Å². The summed E-state index contributed by atoms with van der Waals surface area (Å²) < 4.78 is 11.1. The lowest BCUT2D eigenvalue weighted by Gasteiger charge is -2.12. The molecule has 0 saturated heterocycles. The summed E-state index contributed by atoms with van der Waals surface area (Å²) in [6, 6.07) is 19.7. The highest BCUT2D eigenvalue weighted by Gasteiger charge is 2.17. The van der Waals surface area contributed by atoms with Crippen LogP contribution >= 0.6 is 0 Å². The molecular formula is C21H16N2O6. The zero-order chi connectivity index (χ0) is 20.6. The number of nitrogens with zero attached hydrogens (tertiary/aromatic N) is 1. The molecule has 0 aliphatic rings. The third kappa shape index (κ3) is 5.16. The Labute approximate surface area is 165 Å². The molecule has 1 amide bonds. The monoisotopic (exact) mass is 392 g/mol. The number of carbonyl (C=O) groups excluding carboxylic acids is 2. The number of rotatable bonds is 8. The number of hydrogen-bond acceptors (Lipinski definition) is 6. The van der Waals surface area contributed by atoms with Gasteiger partial charge in [0.15, 0.2) is 18.1 Å². The second-order valence-electron chi connectivity index (χ2n) is 5.85. The van der Waals surface area contributed by atoms with E-state index in [1.165, 1.54) is 12.1 Å². The number of aldehydes is 1. The Morgan fingerprint density at radius 1 is 1.00 bits per heavy atom. The van der Waals surface area contributed by atoms with Gasteiger partial charge in [-0.15, -0.1) is 0 Å². The molecule has 0 unspecified atom stereocenters. The molecule has 0 saturated carbocycles. The predicted octanol–water partition coefficient (Wildman–Crippen LogP) is 4.22. The maximum Gasteiger partial charge on any atom is 0.311 e. The fourth-order valence-electron chi connectivity index (χ4n) is 2.48. The van der Waals surface area contributed by atoms with Crippen LogP contribution in [0.4, 0.5) is 11.4 Å². The van der Waals surface area contributed by atoms with E-state index in [0.717, 1.165) is 6.07 Å². The quantitative estimate of drug-likeness (QED) is 0.349. The van der Waals surface area contributed by atoms with Gasteiger partial charge in [0.2, 0.25) is 0 Å². The lowest BCUT2D eigenvalue weighted by Crippen LogP contribution is -2.20. The highest BCUT2D eigenvalue weighted by Crippen LogP contribution is 2.30. The Bertz CT molecular complexity index is 1040. The molecule has 0 aromatic heterocycles. The average molecular weight is 392 g/mol. The standard InChI is InChI=1S/C21H16N2O6/c24-13-15-10-11-20(18(12-15)23(26)27)28-14-21(25)22-17-8-4-5-9-19(17)29-16-6-2-1-3-7-16/h1-13H,14H2,(H,22,25). The molecule has 1 N–H and O–H groups in total. The molecule has 3 rings (SSSR count). The van der Waals surface area contributed by atoms with Crippen molar-refractivity contribution < 1.29 is 24.0 Å². The van der Waals surface area contributed by atoms with Crippen molar-refractivity contribution in [2.45, 2.75) is 0 Å². The maximum atomic E-state index is 12.3. The minimum absolute atomic E-state index is 0.107. The van der Waals surface area contributed by atoms with Crippen LogP contribution in [0.25, 0.3) is 0 Å². The second-order valence-corrected chi connectivity index (χ2v) is 5.85. The number of amides is 1. The Morgan fingerprint density at radius 2 is 1.72 bits per heavy atom. The van der Waals surface area contributed by atoms with Crippen molar-refractivity contribution in [3.8, 4) is 17.2 Å². The minimum atomic E-state index is -0.677. The van der Waals surface area contributed by atoms with Gasteiger partial charge in [-0.25, -0.2) is 0 Å². The smallest absolute Gasteiger partial charge is 0.311 e. The van der Waals surface area contributed by atoms with E-state index in [9.17, 15) is 19.7 Å². The molecular weight excluding hydrogens is 376 g/mol. The van der Waals surface area contributed by atoms with Crippen LogP contribution in [-0.2, 0) is 4.79 Å². The van der Waals surface area contributed by atoms with Gasteiger partial charge in [0.1, 0.15) is 12.0 Å². The molecule has 3 aromatic carbocycles. The molecule has 0 heterocycles. The number of benzene rings is 3. The summed E-state index contributed by atoms with van der Waals surface area (Å²) in [5, 5.41) is 13.8. The number of anilines is 1. The topological polar surface area (TPSA) is 108 Å². The summed E-state index contributed by atoms with van der Waals surface area (Å²) in [6.45, 7) is -0.457. The first kappa shape index (κ1) is 19.6. The van der Waals surface area contributed by atoms with Crippen LogP contribution in [-0.4, -0.2) is 23.7 Å². The van der Waals surface area contributed by atoms with Crippen LogP contribution in [0.1, 0.15) is 10.4 Å². The van der Waals surface area contributed by atoms with Crippen LogP contribution in [0.2, 0.25) is 0 Å². The molecule has 8 heteroatoms. The molecule has 146 valence electrons. The van der Waals surface area contributed by atoms with Crippen molar-refractivity contribution in [3.05, 3.63) is 88.5 Å². The van der Waals surface area contributed by atoms with E-state index >= 15 is 0 Å². The van der Waals surface area contributed by atoms with Crippen molar-refractivity contribution in [2.75, 3.05) is 11.9 Å². The molecule has 3 aromatic rings. The summed E-state index contributed by atoms with van der Waals surface area (Å²) in [6.07, 6.45) is 0.493. The zero-order valence-electron chi connectivity index (χ0n) is 15.1. The highest BCUT2D eigenvalue weighted by molar-refractivity contribution is 5.93. The van der Waals surface area contributed by atoms with E-state index < -0.39 is 23.1 Å². The molecule has 0 atom stereocenters. The molecule has 29 heavy (non-hydrogen) atoms. The fraction of sp³-hybridized carbons (Fsp3) is 0.0476. The molecule has 0 aliphatic carbocycles. The van der Waals surface area contributed by atoms with E-state index in [1.54, 1.807) is 36.4 Å². The van der Waals surface area contributed by atoms with Gasteiger partial charge in [0.05, 0.1) is 10.6 Å². The summed E-state index contributed by atoms with van der Waals surface area (Å²) in [5.74, 6) is 0.414. The zero-order valence-corrected chi connectivity index (χ0v) is 15.1. The van der Waals surface area contributed by atoms with Crippen LogP contribution in [0, 0.1) is 10.1 Å². The van der Waals surface area contributed by atoms with Gasteiger partial charge in [-0.2, -0.15) is 0 Å². The Hall–Kier alpha value is -4.20. The SMILES string of the molecule is O=Cc1ccc(OCC(=O)Nc2ccccc2Oc2ccccc2)c([N+](=O)[O-])c1. The van der Waals surface area contributed by atoms with Gasteiger partial charge in [0.25, 0.3) is 5.91 Å². The first-order valence-electron chi connectivity index (χ1n) is 8.55. The Balaban J connectivity index is 1.68. The minimum Gasteiger partial charge on any atom is -0.477 e. The van der Waals surface area contributed by atoms with Gasteiger partial charge >= 0.3 is 5.69 Å². The first-order valence-corrected chi connectivity index (χ1v) is 8.55. The number of para-hydroxylation sites is 3. The summed E-state index contributed by atoms with van der Waals surface area (Å²) >= 11 is 0. The number of hydrogen-bond donors (Lipinski definition) is 1. The van der Waals surface area contributed by atoms with Crippen LogP contribution in [0.5, 0.6) is 17.2 Å². The molecule has 8 nitrogen and oxygen atoms in total. The van der Waals surface area contributed by atoms with Gasteiger partial charge < -0.3 is 14.8 Å². The van der Waals surface area contributed by atoms with Crippen molar-refractivity contribution in [3.63, 3.8) is 0 Å². The third-order valence-electron chi connectivity index (χ3n) is 3.81. The highest BCUT2D eigenvalue weighted by atomic mass is 16.6. The lowest BCUT2D eigenvalue weighted by molar-refractivity contribution is -0.385. The van der Waals surface area contributed by atoms with Crippen LogP contribution in [0.15, 0.2) is 72.8 Å². The lowest BCUT2D eigenvalue weighted by atomic mass is 10.2. The number of nitrogens with one attached hydrogen (secondary N) is 1. The predicted molar refractivity (Wildman–Crippen MR) is 106 cm³/mol. The van der Waals surface area contributed by atoms with E-state index in [2.05, 4.69) is 5.32 Å². The Kier molecular flexibility index (Phi) is 6.16. The van der Waals surface area contributed by atoms with Gasteiger partial charge in [-0.05, 0) is 36.4 Å². The average Bonchev–Trinajstić information content (AvgIpc) is 2.74. The summed E-state index contributed by atoms with van der Waals surface area (Å²) in [5.41, 5.74) is 0.173. The normalized spacial score (nSPS) is 10.1. The summed E-state index contributed by atoms with van der Waals surface area (Å²) in [4.78, 5) is 33.5. The molecule has 0 spiro atoms. The van der Waals surface area contributed by atoms with Crippen molar-refractivity contribution in [1.82, 2.24) is 0 Å². The molecule has 0 aliphatic heterocycles. The first-order chi connectivity index (χ1) is 14.1. The van der Waals surface area contributed by atoms with E-state index in [1.807, 2.05) is 18.2 Å². The Morgan fingerprint density at radius 3 is 2.45 bits per heavy atom. The second kappa shape index (κ2) is 9.14. The number of nitro groups is 1. The third-order valence-corrected chi connectivity index (χ3v) is 3.81.